The number of halogens is 3. The molecule has 0 saturated heterocycles. The van der Waals surface area contributed by atoms with E-state index in [4.69, 9.17) is 0 Å². The van der Waals surface area contributed by atoms with Gasteiger partial charge < -0.3 is 9.88 Å². The zero-order chi connectivity index (χ0) is 20.5. The molecule has 152 valence electrons. The highest BCUT2D eigenvalue weighted by atomic mass is 19.4. The van der Waals surface area contributed by atoms with Gasteiger partial charge in [0.05, 0.1) is 5.56 Å². The molecule has 1 fully saturated rings. The Hall–Kier alpha value is -2.35. The quantitative estimate of drug-likeness (QED) is 0.847. The van der Waals surface area contributed by atoms with Crippen molar-refractivity contribution in [2.45, 2.75) is 43.8 Å². The number of nitrogens with zero attached hydrogens (tertiary/aromatic N) is 2. The molecule has 1 heterocycles. The summed E-state index contributed by atoms with van der Waals surface area (Å²) in [6.45, 7) is 0.724. The zero-order valence-electron chi connectivity index (χ0n) is 16.0. The second-order valence-corrected chi connectivity index (χ2v) is 7.58. The van der Waals surface area contributed by atoms with E-state index in [0.717, 1.165) is 36.3 Å². The van der Waals surface area contributed by atoms with Crippen LogP contribution in [-0.2, 0) is 32.2 Å². The van der Waals surface area contributed by atoms with Crippen LogP contribution in [0.3, 0.4) is 0 Å². The van der Waals surface area contributed by atoms with Gasteiger partial charge in [-0.05, 0) is 24.5 Å². The van der Waals surface area contributed by atoms with Crippen molar-refractivity contribution in [1.29, 1.82) is 0 Å². The molecule has 1 saturated carbocycles. The Kier molecular flexibility index (Phi) is 5.52. The number of alkyl halides is 3. The third-order valence-corrected chi connectivity index (χ3v) is 5.66. The van der Waals surface area contributed by atoms with Gasteiger partial charge in [-0.3, -0.25) is 9.36 Å². The molecule has 28 heavy (non-hydrogen) atoms. The summed E-state index contributed by atoms with van der Waals surface area (Å²) in [5.74, 6) is 0. The molecule has 0 radical (unpaired) electrons. The Morgan fingerprint density at radius 1 is 1.14 bits per heavy atom. The molecule has 1 aromatic heterocycles. The van der Waals surface area contributed by atoms with E-state index in [1.54, 1.807) is 13.1 Å². The van der Waals surface area contributed by atoms with Crippen LogP contribution in [0.5, 0.6) is 0 Å². The van der Waals surface area contributed by atoms with Gasteiger partial charge in [0.25, 0.3) is 5.56 Å². The van der Waals surface area contributed by atoms with Crippen molar-refractivity contribution in [2.24, 2.45) is 14.1 Å². The van der Waals surface area contributed by atoms with Crippen LogP contribution in [0.25, 0.3) is 0 Å². The van der Waals surface area contributed by atoms with Gasteiger partial charge in [0.2, 0.25) is 0 Å². The van der Waals surface area contributed by atoms with Crippen molar-refractivity contribution in [3.63, 3.8) is 0 Å². The molecule has 1 aliphatic rings. The Balaban J connectivity index is 1.82. The molecule has 1 aliphatic carbocycles. The lowest BCUT2D eigenvalue weighted by Crippen LogP contribution is -2.41. The summed E-state index contributed by atoms with van der Waals surface area (Å²) >= 11 is 0. The summed E-state index contributed by atoms with van der Waals surface area (Å²) in [7, 11) is 3.00. The summed E-state index contributed by atoms with van der Waals surface area (Å²) in [6.07, 6.45) is 0.645. The Morgan fingerprint density at radius 3 is 2.46 bits per heavy atom. The first-order valence-electron chi connectivity index (χ1n) is 9.28. The maximum Gasteiger partial charge on any atom is 0.416 e. The maximum atomic E-state index is 13.1. The number of aromatic nitrogens is 2. The monoisotopic (exact) mass is 395 g/mol. The van der Waals surface area contributed by atoms with E-state index in [2.05, 4.69) is 5.32 Å². The van der Waals surface area contributed by atoms with E-state index in [-0.39, 0.29) is 17.5 Å². The van der Waals surface area contributed by atoms with Gasteiger partial charge in [0.15, 0.2) is 0 Å². The third-order valence-electron chi connectivity index (χ3n) is 5.66. The van der Waals surface area contributed by atoms with Gasteiger partial charge in [-0.1, -0.05) is 31.0 Å². The fourth-order valence-electron chi connectivity index (χ4n) is 4.09. The summed E-state index contributed by atoms with van der Waals surface area (Å²) in [5, 5.41) is 3.25. The normalized spacial score (nSPS) is 16.5. The van der Waals surface area contributed by atoms with Crippen LogP contribution in [0, 0.1) is 0 Å². The molecule has 0 atom stereocenters. The highest BCUT2D eigenvalue weighted by molar-refractivity contribution is 5.33. The average molecular weight is 395 g/mol. The van der Waals surface area contributed by atoms with E-state index in [0.29, 0.717) is 17.7 Å². The second kappa shape index (κ2) is 7.58. The minimum Gasteiger partial charge on any atom is -0.312 e. The zero-order valence-corrected chi connectivity index (χ0v) is 16.0. The topological polar surface area (TPSA) is 56.0 Å². The van der Waals surface area contributed by atoms with Crippen LogP contribution in [0.1, 0.15) is 42.4 Å². The first-order valence-corrected chi connectivity index (χ1v) is 9.28. The number of nitrogens with one attached hydrogen (secondary N) is 1. The number of rotatable bonds is 5. The molecule has 0 aliphatic heterocycles. The second-order valence-electron chi connectivity index (χ2n) is 7.58. The van der Waals surface area contributed by atoms with Crippen molar-refractivity contribution in [3.05, 3.63) is 68.0 Å². The maximum absolute atomic E-state index is 13.1. The van der Waals surface area contributed by atoms with Crippen molar-refractivity contribution in [3.8, 4) is 0 Å². The molecule has 5 nitrogen and oxygen atoms in total. The number of hydrogen-bond donors (Lipinski definition) is 1. The van der Waals surface area contributed by atoms with E-state index < -0.39 is 17.4 Å². The fraction of sp³-hybridized carbons (Fsp3) is 0.500. The van der Waals surface area contributed by atoms with Crippen molar-refractivity contribution in [2.75, 3.05) is 6.54 Å². The summed E-state index contributed by atoms with van der Waals surface area (Å²) in [6, 6.07) is 5.56. The lowest BCUT2D eigenvalue weighted by atomic mass is 9.78. The van der Waals surface area contributed by atoms with E-state index in [1.807, 2.05) is 0 Å². The van der Waals surface area contributed by atoms with Crippen molar-refractivity contribution >= 4 is 0 Å². The van der Waals surface area contributed by atoms with Crippen LogP contribution in [-0.4, -0.2) is 15.7 Å². The van der Waals surface area contributed by atoms with Crippen LogP contribution < -0.4 is 16.6 Å². The smallest absolute Gasteiger partial charge is 0.312 e. The Labute approximate surface area is 160 Å². The molecular weight excluding hydrogens is 371 g/mol. The fourth-order valence-corrected chi connectivity index (χ4v) is 4.09. The molecule has 0 unspecified atom stereocenters. The molecule has 0 bridgehead atoms. The molecular formula is C20H24F3N3O2. The summed E-state index contributed by atoms with van der Waals surface area (Å²) in [5.41, 5.74) is -0.654. The molecule has 2 aromatic rings. The lowest BCUT2D eigenvalue weighted by molar-refractivity contribution is -0.137. The standard InChI is InChI=1S/C20H24F3N3O2/c1-25-12-14(17(27)26(2)18(25)28)11-24-13-19(8-3-4-9-19)15-6-5-7-16(10-15)20(21,22)23/h5-7,10,12,24H,3-4,8-9,11,13H2,1-2H3. The minimum atomic E-state index is -4.37. The number of aryl methyl sites for hydroxylation is 1. The summed E-state index contributed by atoms with van der Waals surface area (Å²) in [4.78, 5) is 24.0. The molecule has 0 amide bonds. The van der Waals surface area contributed by atoms with Gasteiger partial charge >= 0.3 is 11.9 Å². The van der Waals surface area contributed by atoms with Gasteiger partial charge in [0.1, 0.15) is 0 Å². The number of benzene rings is 1. The highest BCUT2D eigenvalue weighted by Gasteiger charge is 2.37. The van der Waals surface area contributed by atoms with E-state index >= 15 is 0 Å². The SMILES string of the molecule is Cn1cc(CNCC2(c3cccc(C(F)(F)F)c3)CCCC2)c(=O)n(C)c1=O. The Morgan fingerprint density at radius 2 is 1.82 bits per heavy atom. The van der Waals surface area contributed by atoms with Gasteiger partial charge in [0, 0.05) is 44.4 Å². The average Bonchev–Trinajstić information content (AvgIpc) is 3.13. The number of hydrogen-bond acceptors (Lipinski definition) is 3. The Bertz CT molecular complexity index is 970. The predicted octanol–water partition coefficient (Wildman–Crippen LogP) is 2.70. The molecule has 3 rings (SSSR count). The van der Waals surface area contributed by atoms with E-state index in [9.17, 15) is 22.8 Å². The van der Waals surface area contributed by atoms with Crippen LogP contribution >= 0.6 is 0 Å². The largest absolute Gasteiger partial charge is 0.416 e. The van der Waals surface area contributed by atoms with Gasteiger partial charge in [-0.2, -0.15) is 13.2 Å². The van der Waals surface area contributed by atoms with Crippen LogP contribution in [0.15, 0.2) is 40.1 Å². The lowest BCUT2D eigenvalue weighted by Gasteiger charge is -2.31. The minimum absolute atomic E-state index is 0.251. The van der Waals surface area contributed by atoms with Gasteiger partial charge in [-0.15, -0.1) is 0 Å². The molecule has 1 N–H and O–H groups in total. The first kappa shape index (κ1) is 20.4. The van der Waals surface area contributed by atoms with Crippen molar-refractivity contribution in [1.82, 2.24) is 14.5 Å². The molecule has 8 heteroatoms. The molecule has 0 spiro atoms. The van der Waals surface area contributed by atoms with Crippen molar-refractivity contribution < 1.29 is 13.2 Å². The first-order chi connectivity index (χ1) is 13.1. The van der Waals surface area contributed by atoms with Crippen LogP contribution in [0.4, 0.5) is 13.2 Å². The summed E-state index contributed by atoms with van der Waals surface area (Å²) < 4.78 is 41.8. The third kappa shape index (κ3) is 3.92. The molecule has 1 aromatic carbocycles. The predicted molar refractivity (Wildman–Crippen MR) is 100 cm³/mol. The highest BCUT2D eigenvalue weighted by Crippen LogP contribution is 2.42. The van der Waals surface area contributed by atoms with Gasteiger partial charge in [-0.25, -0.2) is 4.79 Å². The van der Waals surface area contributed by atoms with E-state index in [1.165, 1.54) is 29.9 Å². The van der Waals surface area contributed by atoms with Crippen LogP contribution in [0.2, 0.25) is 0 Å².